The van der Waals surface area contributed by atoms with Gasteiger partial charge in [-0.05, 0) is 49.9 Å². The number of likely N-dealkylation sites (tertiary alicyclic amines) is 1. The third-order valence-corrected chi connectivity index (χ3v) is 4.86. The van der Waals surface area contributed by atoms with E-state index >= 15 is 0 Å². The van der Waals surface area contributed by atoms with Crippen molar-refractivity contribution < 1.29 is 14.3 Å². The standard InChI is InChI=1S/C20H25NO4/c1-24-20-14-25-18(12-19(20)23)13-21-10-3-2-6-16(21)9-8-15-5-4-7-17(22)11-15/h4-5,7,11-12,14,16,22H,2-3,6,8-10,13H2,1H3. The Bertz CT molecular complexity index is 755. The zero-order chi connectivity index (χ0) is 17.6. The number of phenolic OH excluding ortho intramolecular Hbond substituents is 1. The van der Waals surface area contributed by atoms with Gasteiger partial charge in [-0.1, -0.05) is 18.6 Å². The molecule has 1 N–H and O–H groups in total. The van der Waals surface area contributed by atoms with Crippen LogP contribution in [0.3, 0.4) is 0 Å². The number of piperidine rings is 1. The van der Waals surface area contributed by atoms with Crippen LogP contribution in [0.25, 0.3) is 0 Å². The number of aryl methyl sites for hydroxylation is 1. The molecule has 1 aromatic heterocycles. The first-order valence-electron chi connectivity index (χ1n) is 8.83. The van der Waals surface area contributed by atoms with Gasteiger partial charge >= 0.3 is 0 Å². The van der Waals surface area contributed by atoms with Gasteiger partial charge in [-0.2, -0.15) is 0 Å². The molecular formula is C20H25NO4. The van der Waals surface area contributed by atoms with Gasteiger partial charge in [0.2, 0.25) is 11.2 Å². The summed E-state index contributed by atoms with van der Waals surface area (Å²) in [5.41, 5.74) is 1.01. The third-order valence-electron chi connectivity index (χ3n) is 4.86. The molecule has 2 aromatic rings. The Morgan fingerprint density at radius 1 is 1.32 bits per heavy atom. The molecule has 1 atom stereocenters. The van der Waals surface area contributed by atoms with Gasteiger partial charge in [0.05, 0.1) is 13.7 Å². The lowest BCUT2D eigenvalue weighted by Crippen LogP contribution is -2.39. The summed E-state index contributed by atoms with van der Waals surface area (Å²) in [6.45, 7) is 1.66. The first-order valence-corrected chi connectivity index (χ1v) is 8.83. The summed E-state index contributed by atoms with van der Waals surface area (Å²) in [4.78, 5) is 14.3. The number of methoxy groups -OCH3 is 1. The van der Waals surface area contributed by atoms with E-state index in [1.807, 2.05) is 12.1 Å². The highest BCUT2D eigenvalue weighted by Crippen LogP contribution is 2.24. The molecule has 1 aliphatic rings. The molecule has 1 unspecified atom stereocenters. The van der Waals surface area contributed by atoms with Gasteiger partial charge < -0.3 is 14.3 Å². The summed E-state index contributed by atoms with van der Waals surface area (Å²) >= 11 is 0. The maximum Gasteiger partial charge on any atom is 0.227 e. The lowest BCUT2D eigenvalue weighted by Gasteiger charge is -2.35. The van der Waals surface area contributed by atoms with Gasteiger partial charge in [0, 0.05) is 12.1 Å². The number of rotatable bonds is 6. The molecule has 0 spiro atoms. The zero-order valence-electron chi connectivity index (χ0n) is 14.6. The Balaban J connectivity index is 1.64. The number of ether oxygens (including phenoxy) is 1. The Labute approximate surface area is 147 Å². The second kappa shape index (κ2) is 8.21. The fourth-order valence-corrected chi connectivity index (χ4v) is 3.51. The predicted octanol–water partition coefficient (Wildman–Crippen LogP) is 3.34. The van der Waals surface area contributed by atoms with Crippen molar-refractivity contribution >= 4 is 0 Å². The molecule has 25 heavy (non-hydrogen) atoms. The number of hydrogen-bond acceptors (Lipinski definition) is 5. The van der Waals surface area contributed by atoms with Crippen molar-refractivity contribution in [2.75, 3.05) is 13.7 Å². The SMILES string of the molecule is COc1coc(CN2CCCCC2CCc2cccc(O)c2)cc1=O. The summed E-state index contributed by atoms with van der Waals surface area (Å²) in [6.07, 6.45) is 6.91. The molecule has 0 bridgehead atoms. The molecule has 1 aliphatic heterocycles. The van der Waals surface area contributed by atoms with Crippen LogP contribution in [0, 0.1) is 0 Å². The number of nitrogens with zero attached hydrogens (tertiary/aromatic N) is 1. The molecule has 0 aliphatic carbocycles. The second-order valence-corrected chi connectivity index (χ2v) is 6.61. The third kappa shape index (κ3) is 4.63. The van der Waals surface area contributed by atoms with E-state index in [4.69, 9.17) is 9.15 Å². The lowest BCUT2D eigenvalue weighted by molar-refractivity contribution is 0.122. The van der Waals surface area contributed by atoms with E-state index in [0.29, 0.717) is 24.1 Å². The molecule has 5 heteroatoms. The van der Waals surface area contributed by atoms with Gasteiger partial charge in [0.1, 0.15) is 17.8 Å². The highest BCUT2D eigenvalue weighted by atomic mass is 16.5. The summed E-state index contributed by atoms with van der Waals surface area (Å²) in [5.74, 6) is 1.23. The molecule has 1 aromatic carbocycles. The van der Waals surface area contributed by atoms with Crippen molar-refractivity contribution in [3.05, 3.63) is 58.1 Å². The van der Waals surface area contributed by atoms with Gasteiger partial charge in [-0.3, -0.25) is 9.69 Å². The van der Waals surface area contributed by atoms with E-state index in [1.165, 1.54) is 32.3 Å². The minimum Gasteiger partial charge on any atom is -0.508 e. The number of hydrogen-bond donors (Lipinski definition) is 1. The first kappa shape index (κ1) is 17.5. The molecule has 134 valence electrons. The van der Waals surface area contributed by atoms with E-state index < -0.39 is 0 Å². The Kier molecular flexibility index (Phi) is 5.76. The topological polar surface area (TPSA) is 62.9 Å². The Morgan fingerprint density at radius 2 is 2.20 bits per heavy atom. The average Bonchev–Trinajstić information content (AvgIpc) is 2.61. The molecular weight excluding hydrogens is 318 g/mol. The van der Waals surface area contributed by atoms with Crippen LogP contribution in [0.15, 0.2) is 45.8 Å². The zero-order valence-corrected chi connectivity index (χ0v) is 14.6. The molecule has 1 saturated heterocycles. The fraction of sp³-hybridized carbons (Fsp3) is 0.450. The fourth-order valence-electron chi connectivity index (χ4n) is 3.51. The van der Waals surface area contributed by atoms with E-state index in [1.54, 1.807) is 6.07 Å². The number of aromatic hydroxyl groups is 1. The van der Waals surface area contributed by atoms with Crippen LogP contribution < -0.4 is 10.2 Å². The van der Waals surface area contributed by atoms with Crippen molar-refractivity contribution in [2.45, 2.75) is 44.7 Å². The van der Waals surface area contributed by atoms with Crippen LogP contribution in [0.1, 0.15) is 37.0 Å². The van der Waals surface area contributed by atoms with Crippen molar-refractivity contribution in [2.24, 2.45) is 0 Å². The summed E-state index contributed by atoms with van der Waals surface area (Å²) < 4.78 is 10.5. The molecule has 2 heterocycles. The first-order chi connectivity index (χ1) is 12.2. The second-order valence-electron chi connectivity index (χ2n) is 6.61. The molecule has 5 nitrogen and oxygen atoms in total. The van der Waals surface area contributed by atoms with Crippen molar-refractivity contribution in [1.29, 1.82) is 0 Å². The maximum atomic E-state index is 11.9. The molecule has 0 radical (unpaired) electrons. The van der Waals surface area contributed by atoms with Gasteiger partial charge in [-0.15, -0.1) is 0 Å². The monoisotopic (exact) mass is 343 g/mol. The van der Waals surface area contributed by atoms with Crippen LogP contribution in [0.5, 0.6) is 11.5 Å². The average molecular weight is 343 g/mol. The minimum atomic E-state index is -0.142. The van der Waals surface area contributed by atoms with Gasteiger partial charge in [-0.25, -0.2) is 0 Å². The predicted molar refractivity (Wildman–Crippen MR) is 96.0 cm³/mol. The van der Waals surface area contributed by atoms with Crippen molar-refractivity contribution in [3.8, 4) is 11.5 Å². The van der Waals surface area contributed by atoms with E-state index in [0.717, 1.165) is 31.4 Å². The van der Waals surface area contributed by atoms with E-state index in [-0.39, 0.29) is 11.2 Å². The highest BCUT2D eigenvalue weighted by molar-refractivity contribution is 5.27. The molecule has 3 rings (SSSR count). The van der Waals surface area contributed by atoms with Crippen molar-refractivity contribution in [3.63, 3.8) is 0 Å². The van der Waals surface area contributed by atoms with Crippen molar-refractivity contribution in [1.82, 2.24) is 4.90 Å². The van der Waals surface area contributed by atoms with E-state index in [9.17, 15) is 9.90 Å². The number of phenols is 1. The molecule has 0 saturated carbocycles. The lowest BCUT2D eigenvalue weighted by atomic mass is 9.95. The van der Waals surface area contributed by atoms with Crippen LogP contribution in [0.4, 0.5) is 0 Å². The Hall–Kier alpha value is -2.27. The largest absolute Gasteiger partial charge is 0.508 e. The van der Waals surface area contributed by atoms with Gasteiger partial charge in [0.25, 0.3) is 0 Å². The smallest absolute Gasteiger partial charge is 0.227 e. The van der Waals surface area contributed by atoms with Gasteiger partial charge in [0.15, 0.2) is 0 Å². The van der Waals surface area contributed by atoms with Crippen LogP contribution in [-0.2, 0) is 13.0 Å². The normalized spacial score (nSPS) is 18.2. The molecule has 1 fully saturated rings. The Morgan fingerprint density at radius 3 is 2.96 bits per heavy atom. The molecule has 0 amide bonds. The van der Waals surface area contributed by atoms with Crippen LogP contribution in [0.2, 0.25) is 0 Å². The maximum absolute atomic E-state index is 11.9. The van der Waals surface area contributed by atoms with Crippen LogP contribution in [-0.4, -0.2) is 29.7 Å². The quantitative estimate of drug-likeness (QED) is 0.871. The highest BCUT2D eigenvalue weighted by Gasteiger charge is 2.23. The van der Waals surface area contributed by atoms with Crippen LogP contribution >= 0.6 is 0 Å². The minimum absolute atomic E-state index is 0.142. The summed E-state index contributed by atoms with van der Waals surface area (Å²) in [6, 6.07) is 9.45. The summed E-state index contributed by atoms with van der Waals surface area (Å²) in [7, 11) is 1.47. The summed E-state index contributed by atoms with van der Waals surface area (Å²) in [5, 5.41) is 9.60. The number of benzene rings is 1. The van der Waals surface area contributed by atoms with E-state index in [2.05, 4.69) is 11.0 Å².